The van der Waals surface area contributed by atoms with Crippen LogP contribution < -0.4 is 5.32 Å². The average Bonchev–Trinajstić information content (AvgIpc) is 3.38. The van der Waals surface area contributed by atoms with E-state index in [0.717, 1.165) is 13.8 Å². The average molecular weight is 990 g/mol. The Morgan fingerprint density at radius 1 is 0.806 bits per heavy atom. The lowest BCUT2D eigenvalue weighted by molar-refractivity contribution is -0.346. The number of benzene rings is 4. The minimum Gasteiger partial charge on any atom is -0.456 e. The van der Waals surface area contributed by atoms with Gasteiger partial charge < -0.3 is 44.3 Å². The maximum Gasteiger partial charge on any atom is 0.338 e. The van der Waals surface area contributed by atoms with Crippen molar-refractivity contribution in [3.8, 4) is 0 Å². The number of nitrogens with one attached hydrogen (secondary N) is 1. The van der Waals surface area contributed by atoms with E-state index in [1.165, 1.54) is 76.2 Å². The predicted octanol–water partition coefficient (Wildman–Crippen LogP) is 5.29. The molecule has 378 valence electrons. The first kappa shape index (κ1) is 48.8. The normalized spacial score (nSPS) is 30.3. The first-order valence-electron chi connectivity index (χ1n) is 24.8. The summed E-state index contributed by atoms with van der Waals surface area (Å²) in [7, 11) is 0. The molecular formula is C56H59NO15. The summed E-state index contributed by atoms with van der Waals surface area (Å²) in [6.45, 7) is 7.73. The molecule has 4 aromatic rings. The van der Waals surface area contributed by atoms with Gasteiger partial charge in [-0.05, 0) is 54.7 Å². The van der Waals surface area contributed by atoms with Gasteiger partial charge in [0.25, 0.3) is 0 Å². The zero-order valence-electron chi connectivity index (χ0n) is 42.6. The number of aliphatic hydroxyl groups is 3. The predicted molar refractivity (Wildman–Crippen MR) is 257 cm³/mol. The van der Waals surface area contributed by atoms with Crippen molar-refractivity contribution >= 4 is 41.4 Å². The highest BCUT2D eigenvalue weighted by Crippen LogP contribution is 2.64. The van der Waals surface area contributed by atoms with Gasteiger partial charge in [-0.1, -0.05) is 117 Å². The molecule has 4 aliphatic rings. The Balaban J connectivity index is 1.16. The van der Waals surface area contributed by atoms with E-state index in [-0.39, 0.29) is 46.6 Å². The summed E-state index contributed by atoms with van der Waals surface area (Å²) < 4.78 is 48.0. The topological polar surface area (TPSA) is 238 Å². The number of aliphatic hydroxyl groups excluding tert-OH is 2. The zero-order valence-corrected chi connectivity index (χ0v) is 40.6. The van der Waals surface area contributed by atoms with Crippen molar-refractivity contribution < 1.29 is 75.3 Å². The summed E-state index contributed by atoms with van der Waals surface area (Å²) in [5, 5.41) is 40.5. The van der Waals surface area contributed by atoms with Crippen LogP contribution in [0, 0.1) is 16.7 Å². The summed E-state index contributed by atoms with van der Waals surface area (Å²) in [5.74, 6) is -7.91. The van der Waals surface area contributed by atoms with Crippen LogP contribution in [0.2, 0.25) is 0 Å². The van der Waals surface area contributed by atoms with Gasteiger partial charge in [-0.25, -0.2) is 9.59 Å². The fourth-order valence-corrected chi connectivity index (χ4v) is 11.2. The number of fused-ring (bicyclic) bond motifs is 5. The molecule has 1 saturated heterocycles. The lowest BCUT2D eigenvalue weighted by Crippen LogP contribution is -2.82. The second kappa shape index (κ2) is 20.0. The Bertz CT molecular complexity index is 2860. The maximum atomic E-state index is 15.6. The van der Waals surface area contributed by atoms with E-state index in [1.807, 2.05) is 0 Å². The Hall–Kier alpha value is -6.85. The number of amides is 1. The molecule has 4 N–H and O–H groups in total. The van der Waals surface area contributed by atoms with Gasteiger partial charge >= 0.3 is 23.9 Å². The number of hydrogen-bond donors (Lipinski definition) is 4. The molecule has 72 heavy (non-hydrogen) atoms. The minimum atomic E-state index is -2.47. The Morgan fingerprint density at radius 2 is 1.39 bits per heavy atom. The van der Waals surface area contributed by atoms with Crippen molar-refractivity contribution in [1.29, 1.82) is 0 Å². The zero-order chi connectivity index (χ0) is 53.7. The van der Waals surface area contributed by atoms with E-state index < -0.39 is 125 Å². The maximum absolute atomic E-state index is 15.6. The Morgan fingerprint density at radius 3 is 1.96 bits per heavy atom. The lowest BCUT2D eigenvalue weighted by atomic mass is 9.44. The van der Waals surface area contributed by atoms with Crippen molar-refractivity contribution in [3.05, 3.63) is 154 Å². The van der Waals surface area contributed by atoms with Gasteiger partial charge in [-0.3, -0.25) is 24.0 Å². The van der Waals surface area contributed by atoms with Crippen molar-refractivity contribution in [2.45, 2.75) is 121 Å². The van der Waals surface area contributed by atoms with Crippen molar-refractivity contribution in [3.63, 3.8) is 0 Å². The number of carbonyl (C=O) groups excluding carboxylic acids is 7. The molecule has 1 heterocycles. The van der Waals surface area contributed by atoms with Crippen molar-refractivity contribution in [1.82, 2.24) is 5.32 Å². The molecule has 16 nitrogen and oxygen atoms in total. The number of aryl methyl sites for hydroxylation is 1. The van der Waals surface area contributed by atoms with Crippen LogP contribution in [-0.2, 0) is 54.1 Å². The minimum absolute atomic E-state index is 0.0313. The summed E-state index contributed by atoms with van der Waals surface area (Å²) in [6.07, 6.45) is -14.5. The molecule has 1 aliphatic heterocycles. The Kier molecular flexibility index (Phi) is 13.5. The van der Waals surface area contributed by atoms with Crippen LogP contribution in [0.15, 0.2) is 126 Å². The molecule has 2 bridgehead atoms. The molecule has 13 atom stereocenters. The van der Waals surface area contributed by atoms with Crippen LogP contribution in [0.1, 0.15) is 107 Å². The van der Waals surface area contributed by atoms with E-state index in [1.54, 1.807) is 66.7 Å². The van der Waals surface area contributed by atoms with Crippen LogP contribution >= 0.6 is 0 Å². The van der Waals surface area contributed by atoms with Crippen molar-refractivity contribution in [2.24, 2.45) is 16.7 Å². The largest absolute Gasteiger partial charge is 0.456 e. The summed E-state index contributed by atoms with van der Waals surface area (Å²) in [4.78, 5) is 97.7. The van der Waals surface area contributed by atoms with Gasteiger partial charge in [0, 0.05) is 52.4 Å². The third-order valence-electron chi connectivity index (χ3n) is 15.1. The van der Waals surface area contributed by atoms with Crippen LogP contribution in [0.4, 0.5) is 0 Å². The van der Waals surface area contributed by atoms with E-state index in [9.17, 15) is 44.1 Å². The van der Waals surface area contributed by atoms with E-state index in [2.05, 4.69) is 5.32 Å². The van der Waals surface area contributed by atoms with Crippen LogP contribution in [0.5, 0.6) is 0 Å². The molecule has 3 fully saturated rings. The molecule has 0 radical (unpaired) electrons. The number of ketones is 2. The van der Waals surface area contributed by atoms with Crippen LogP contribution in [0.25, 0.3) is 0 Å². The SMILES string of the molecule is [3H]C(C(=O)N[C@@H](c1ccccc1)[C@@H](O)C(=O)O[C@H]1C[C@@]2(O)[C@@H](OC(=O)c3ccccc3)[C@@H]3[C@]4(OC(C)=O)CO[C@@H]4C[C@H](O)[C@@]3(C)C(=O)[C@H](OC(C)=O)C(=C1C)C2(C)C)C([3H])c1ccc(C(=O)c2ccccc2)cc1. The molecule has 2 saturated carbocycles. The van der Waals surface area contributed by atoms with E-state index >= 15 is 4.79 Å². The third kappa shape index (κ3) is 9.16. The van der Waals surface area contributed by atoms with Gasteiger partial charge in [0.1, 0.15) is 23.9 Å². The highest BCUT2D eigenvalue weighted by molar-refractivity contribution is 6.09. The highest BCUT2D eigenvalue weighted by atomic mass is 16.6. The number of hydrogen-bond acceptors (Lipinski definition) is 15. The molecule has 1 amide bonds. The number of esters is 4. The molecule has 3 aliphatic carbocycles. The third-order valence-corrected chi connectivity index (χ3v) is 15.1. The van der Waals surface area contributed by atoms with Gasteiger partial charge in [0.2, 0.25) is 5.91 Å². The molecule has 0 spiro atoms. The summed E-state index contributed by atoms with van der Waals surface area (Å²) in [6, 6.07) is 28.4. The lowest BCUT2D eigenvalue weighted by Gasteiger charge is -2.67. The molecule has 0 aromatic heterocycles. The molecule has 16 heteroatoms. The second-order valence-corrected chi connectivity index (χ2v) is 19.7. The summed E-state index contributed by atoms with van der Waals surface area (Å²) in [5.41, 5.74) is -6.87. The van der Waals surface area contributed by atoms with E-state index in [0.29, 0.717) is 11.1 Å². The van der Waals surface area contributed by atoms with Gasteiger partial charge in [0.15, 0.2) is 29.4 Å². The monoisotopic (exact) mass is 989 g/mol. The first-order chi connectivity index (χ1) is 35.0. The molecule has 8 rings (SSSR count). The Labute approximate surface area is 419 Å². The number of Topliss-reactive ketones (excluding diaryl/α,β-unsaturated/α-hetero) is 1. The highest BCUT2D eigenvalue weighted by Gasteiger charge is 2.78. The molecule has 2 unspecified atom stereocenters. The van der Waals surface area contributed by atoms with E-state index in [4.69, 9.17) is 26.4 Å². The van der Waals surface area contributed by atoms with Gasteiger partial charge in [-0.15, -0.1) is 0 Å². The molecule has 4 aromatic carbocycles. The second-order valence-electron chi connectivity index (χ2n) is 19.7. The van der Waals surface area contributed by atoms with Gasteiger partial charge in [0.05, 0.1) is 35.6 Å². The fraction of sp³-hybridized carbons (Fsp3) is 0.411. The fourth-order valence-electron chi connectivity index (χ4n) is 11.2. The van der Waals surface area contributed by atoms with Crippen LogP contribution in [0.3, 0.4) is 0 Å². The molecular weight excluding hydrogens is 927 g/mol. The number of rotatable bonds is 14. The number of carbonyl (C=O) groups is 7. The first-order valence-corrected chi connectivity index (χ1v) is 23.7. The van der Waals surface area contributed by atoms with Crippen molar-refractivity contribution in [2.75, 3.05) is 6.61 Å². The van der Waals surface area contributed by atoms with Gasteiger partial charge in [-0.2, -0.15) is 0 Å². The summed E-state index contributed by atoms with van der Waals surface area (Å²) >= 11 is 0. The standard InChI is InChI=1S/C56H59NO15/c1-31-39(70-52(66)46(63)44(35-16-10-7-11-17-35)57-42(61)27-24-34-22-25-37(26-23-34)45(62)36-18-12-8-13-19-36)29-56(67)50(71-51(65)38-20-14-9-15-21-38)48-54(6,40(60)28-41-55(48,30-68-41)72-33(3)59)49(64)47(69-32(2)58)43(31)53(56,4)5/h7-23,25-26,39-41,44,46-48,50,60,63,67H,24,27-30H2,1-6H3,(H,57,61)/t39-,40-,41+,44-,46+,47+,48-,50-,54+,55-,56+/m0/s1/i24T,27T/t24?,27?,39-,40-,41+,44-,46+,47+,48-,50-,54+,55-,56+. The number of ether oxygens (including phenoxy) is 5. The quantitative estimate of drug-likeness (QED) is 0.0544. The smallest absolute Gasteiger partial charge is 0.338 e. The van der Waals surface area contributed by atoms with Crippen LogP contribution in [-0.4, -0.2) is 111 Å².